The Bertz CT molecular complexity index is 567. The second-order valence-corrected chi connectivity index (χ2v) is 7.25. The number of carbonyl (C=O) groups is 1. The Morgan fingerprint density at radius 1 is 1.48 bits per heavy atom. The Morgan fingerprint density at radius 3 is 2.62 bits per heavy atom. The molecule has 0 aliphatic heterocycles. The van der Waals surface area contributed by atoms with Crippen LogP contribution in [0.3, 0.4) is 0 Å². The average Bonchev–Trinajstić information content (AvgIpc) is 2.93. The van der Waals surface area contributed by atoms with Gasteiger partial charge in [-0.05, 0) is 20.0 Å². The van der Waals surface area contributed by atoms with Gasteiger partial charge in [0.15, 0.2) is 9.90 Å². The Balaban J connectivity index is 2.87. The normalized spacial score (nSPS) is 13.4. The lowest BCUT2D eigenvalue weighted by molar-refractivity contribution is 0.0590. The van der Waals surface area contributed by atoms with E-state index in [-0.39, 0.29) is 15.9 Å². The lowest BCUT2D eigenvalue weighted by atomic mass is 10.3. The molecule has 120 valence electrons. The fourth-order valence-corrected chi connectivity index (χ4v) is 4.27. The molecule has 0 saturated heterocycles. The molecule has 0 aliphatic carbocycles. The minimum absolute atomic E-state index is 0.110. The molecule has 1 unspecified atom stereocenters. The highest BCUT2D eigenvalue weighted by Crippen LogP contribution is 2.20. The second-order valence-electron chi connectivity index (χ2n) is 4.49. The smallest absolute Gasteiger partial charge is 0.358 e. The molecule has 0 fully saturated rings. The van der Waals surface area contributed by atoms with Gasteiger partial charge in [0.05, 0.1) is 12.6 Å². The molecule has 21 heavy (non-hydrogen) atoms. The van der Waals surface area contributed by atoms with Crippen molar-refractivity contribution < 1.29 is 17.9 Å². The van der Waals surface area contributed by atoms with Crippen molar-refractivity contribution >= 4 is 27.3 Å². The standard InChI is InChI=1S/C12H21N3O4S2/c1-5-15(6-2)7-9(3)14-21(17,18)12-10(11(16)19-4)13-8-20-12/h8-9,14H,5-7H2,1-4H3. The number of likely N-dealkylation sites (N-methyl/N-ethyl adjacent to an activating group) is 1. The van der Waals surface area contributed by atoms with E-state index in [1.165, 1.54) is 12.6 Å². The van der Waals surface area contributed by atoms with Gasteiger partial charge in [-0.25, -0.2) is 22.9 Å². The number of carbonyl (C=O) groups excluding carboxylic acids is 1. The molecule has 0 saturated carbocycles. The van der Waals surface area contributed by atoms with Crippen molar-refractivity contribution in [3.63, 3.8) is 0 Å². The molecule has 0 amide bonds. The maximum Gasteiger partial charge on any atom is 0.358 e. The molecule has 0 aliphatic rings. The number of esters is 1. The van der Waals surface area contributed by atoms with E-state index in [4.69, 9.17) is 0 Å². The summed E-state index contributed by atoms with van der Waals surface area (Å²) < 4.78 is 31.7. The summed E-state index contributed by atoms with van der Waals surface area (Å²) in [6.45, 7) is 8.10. The SMILES string of the molecule is CCN(CC)CC(C)NS(=O)(=O)c1scnc1C(=O)OC. The van der Waals surface area contributed by atoms with Crippen LogP contribution in [0.25, 0.3) is 0 Å². The first-order valence-corrected chi connectivity index (χ1v) is 8.98. The Kier molecular flexibility index (Phi) is 6.72. The maximum atomic E-state index is 12.3. The topological polar surface area (TPSA) is 88.6 Å². The van der Waals surface area contributed by atoms with Gasteiger partial charge in [0.25, 0.3) is 10.0 Å². The summed E-state index contributed by atoms with van der Waals surface area (Å²) in [4.78, 5) is 17.4. The van der Waals surface area contributed by atoms with Gasteiger partial charge < -0.3 is 9.64 Å². The lowest BCUT2D eigenvalue weighted by Crippen LogP contribution is -2.42. The molecular formula is C12H21N3O4S2. The summed E-state index contributed by atoms with van der Waals surface area (Å²) in [7, 11) is -2.60. The van der Waals surface area contributed by atoms with Gasteiger partial charge in [-0.1, -0.05) is 13.8 Å². The summed E-state index contributed by atoms with van der Waals surface area (Å²) in [5.74, 6) is -0.756. The van der Waals surface area contributed by atoms with Crippen molar-refractivity contribution in [2.75, 3.05) is 26.7 Å². The van der Waals surface area contributed by atoms with Crippen LogP contribution >= 0.6 is 11.3 Å². The summed E-state index contributed by atoms with van der Waals surface area (Å²) >= 11 is 0.897. The van der Waals surface area contributed by atoms with Crippen molar-refractivity contribution in [2.45, 2.75) is 31.0 Å². The minimum atomic E-state index is -3.79. The number of thiazole rings is 1. The number of nitrogens with zero attached hydrogens (tertiary/aromatic N) is 2. The van der Waals surface area contributed by atoms with Crippen molar-refractivity contribution in [1.29, 1.82) is 0 Å². The number of aromatic nitrogens is 1. The highest BCUT2D eigenvalue weighted by molar-refractivity contribution is 7.91. The molecule has 1 heterocycles. The average molecular weight is 335 g/mol. The van der Waals surface area contributed by atoms with Crippen LogP contribution in [-0.2, 0) is 14.8 Å². The van der Waals surface area contributed by atoms with E-state index in [0.29, 0.717) is 6.54 Å². The number of sulfonamides is 1. The molecule has 1 atom stereocenters. The zero-order chi connectivity index (χ0) is 16.0. The van der Waals surface area contributed by atoms with Crippen molar-refractivity contribution in [3.05, 3.63) is 11.2 Å². The molecular weight excluding hydrogens is 314 g/mol. The first-order chi connectivity index (χ1) is 9.85. The van der Waals surface area contributed by atoms with Gasteiger partial charge in [-0.15, -0.1) is 11.3 Å². The second kappa shape index (κ2) is 7.83. The van der Waals surface area contributed by atoms with Gasteiger partial charge >= 0.3 is 5.97 Å². The molecule has 7 nitrogen and oxygen atoms in total. The number of ether oxygens (including phenoxy) is 1. The third kappa shape index (κ3) is 4.73. The van der Waals surface area contributed by atoms with Gasteiger partial charge in [0.2, 0.25) is 0 Å². The van der Waals surface area contributed by atoms with Crippen LogP contribution in [0.4, 0.5) is 0 Å². The van der Waals surface area contributed by atoms with Crippen LogP contribution in [0.5, 0.6) is 0 Å². The van der Waals surface area contributed by atoms with Crippen LogP contribution in [-0.4, -0.2) is 57.1 Å². The highest BCUT2D eigenvalue weighted by atomic mass is 32.2. The van der Waals surface area contributed by atoms with E-state index in [1.54, 1.807) is 6.92 Å². The highest BCUT2D eigenvalue weighted by Gasteiger charge is 2.28. The number of rotatable bonds is 8. The fourth-order valence-electron chi connectivity index (χ4n) is 1.88. The first-order valence-electron chi connectivity index (χ1n) is 6.62. The molecule has 1 rings (SSSR count). The van der Waals surface area contributed by atoms with Gasteiger partial charge in [-0.3, -0.25) is 0 Å². The Labute approximate surface area is 129 Å². The van der Waals surface area contributed by atoms with Crippen LogP contribution in [0, 0.1) is 0 Å². The van der Waals surface area contributed by atoms with Crippen molar-refractivity contribution in [3.8, 4) is 0 Å². The van der Waals surface area contributed by atoms with E-state index >= 15 is 0 Å². The zero-order valence-electron chi connectivity index (χ0n) is 12.6. The molecule has 0 spiro atoms. The molecule has 1 aromatic heterocycles. The van der Waals surface area contributed by atoms with Crippen molar-refractivity contribution in [2.24, 2.45) is 0 Å². The number of methoxy groups -OCH3 is 1. The van der Waals surface area contributed by atoms with Crippen LogP contribution in [0.2, 0.25) is 0 Å². The lowest BCUT2D eigenvalue weighted by Gasteiger charge is -2.23. The first kappa shape index (κ1) is 18.0. The van der Waals surface area contributed by atoms with Gasteiger partial charge in [0, 0.05) is 12.6 Å². The minimum Gasteiger partial charge on any atom is -0.464 e. The summed E-state index contributed by atoms with van der Waals surface area (Å²) in [6, 6.07) is -0.275. The van der Waals surface area contributed by atoms with Crippen LogP contribution < -0.4 is 4.72 Å². The van der Waals surface area contributed by atoms with Crippen LogP contribution in [0.1, 0.15) is 31.3 Å². The molecule has 0 aromatic carbocycles. The summed E-state index contributed by atoms with van der Waals surface area (Å²) in [5.41, 5.74) is 1.14. The van der Waals surface area contributed by atoms with Gasteiger partial charge in [-0.2, -0.15) is 0 Å². The van der Waals surface area contributed by atoms with Crippen LogP contribution in [0.15, 0.2) is 9.72 Å². The number of hydrogen-bond acceptors (Lipinski definition) is 7. The zero-order valence-corrected chi connectivity index (χ0v) is 14.3. The van der Waals surface area contributed by atoms with Crippen molar-refractivity contribution in [1.82, 2.24) is 14.6 Å². The van der Waals surface area contributed by atoms with E-state index in [9.17, 15) is 13.2 Å². The van der Waals surface area contributed by atoms with E-state index in [0.717, 1.165) is 24.4 Å². The number of hydrogen-bond donors (Lipinski definition) is 1. The summed E-state index contributed by atoms with van der Waals surface area (Å²) in [5, 5.41) is 0. The Hall–Kier alpha value is -1.03. The number of nitrogens with one attached hydrogen (secondary N) is 1. The largest absolute Gasteiger partial charge is 0.464 e. The summed E-state index contributed by atoms with van der Waals surface area (Å²) in [6.07, 6.45) is 0. The molecule has 9 heteroatoms. The quantitative estimate of drug-likeness (QED) is 0.711. The van der Waals surface area contributed by atoms with E-state index in [2.05, 4.69) is 19.3 Å². The van der Waals surface area contributed by atoms with Gasteiger partial charge in [0.1, 0.15) is 0 Å². The third-order valence-electron chi connectivity index (χ3n) is 2.94. The predicted octanol–water partition coefficient (Wildman–Crippen LogP) is 0.938. The Morgan fingerprint density at radius 2 is 2.10 bits per heavy atom. The van der Waals surface area contributed by atoms with E-state index in [1.807, 2.05) is 13.8 Å². The molecule has 1 aromatic rings. The van der Waals surface area contributed by atoms with E-state index < -0.39 is 16.0 Å². The predicted molar refractivity (Wildman–Crippen MR) is 81.0 cm³/mol. The fraction of sp³-hybridized carbons (Fsp3) is 0.667. The monoisotopic (exact) mass is 335 g/mol. The third-order valence-corrected chi connectivity index (χ3v) is 5.90. The maximum absolute atomic E-state index is 12.3. The molecule has 1 N–H and O–H groups in total. The molecule has 0 radical (unpaired) electrons. The molecule has 0 bridgehead atoms.